The summed E-state index contributed by atoms with van der Waals surface area (Å²) in [5, 5.41) is 0. The normalized spacial score (nSPS) is 24.6. The van der Waals surface area contributed by atoms with Gasteiger partial charge in [0.2, 0.25) is 0 Å². The van der Waals surface area contributed by atoms with Gasteiger partial charge in [0.1, 0.15) is 0 Å². The van der Waals surface area contributed by atoms with Crippen LogP contribution in [0, 0.1) is 0 Å². The van der Waals surface area contributed by atoms with Crippen LogP contribution in [0.4, 0.5) is 0 Å². The zero-order valence-electron chi connectivity index (χ0n) is 9.59. The molecule has 1 aliphatic rings. The van der Waals surface area contributed by atoms with Gasteiger partial charge in [0.25, 0.3) is 0 Å². The molecule has 80 valence electrons. The van der Waals surface area contributed by atoms with Crippen LogP contribution in [0.25, 0.3) is 0 Å². The fraction of sp³-hybridized carbons (Fsp3) is 0.667. The van der Waals surface area contributed by atoms with Crippen molar-refractivity contribution in [1.29, 1.82) is 0 Å². The van der Waals surface area contributed by atoms with E-state index in [1.165, 1.54) is 11.3 Å². The first kappa shape index (κ1) is 11.3. The van der Waals surface area contributed by atoms with Gasteiger partial charge >= 0.3 is 0 Å². The van der Waals surface area contributed by atoms with Crippen LogP contribution < -0.4 is 5.73 Å². The summed E-state index contributed by atoms with van der Waals surface area (Å²) >= 11 is 0. The highest BCUT2D eigenvalue weighted by atomic mass is 15.2. The van der Waals surface area contributed by atoms with Crippen LogP contribution in [0.2, 0.25) is 0 Å². The van der Waals surface area contributed by atoms with E-state index in [-0.39, 0.29) is 0 Å². The minimum atomic E-state index is 0.361. The van der Waals surface area contributed by atoms with E-state index >= 15 is 0 Å². The molecule has 2 heteroatoms. The van der Waals surface area contributed by atoms with Crippen molar-refractivity contribution >= 4 is 0 Å². The van der Waals surface area contributed by atoms with Crippen molar-refractivity contribution in [2.75, 3.05) is 13.1 Å². The Morgan fingerprint density at radius 3 is 2.71 bits per heavy atom. The summed E-state index contributed by atoms with van der Waals surface area (Å²) in [6, 6.07) is 0.361. The molecule has 1 saturated heterocycles. The summed E-state index contributed by atoms with van der Waals surface area (Å²) in [7, 11) is 0. The smallest absolute Gasteiger partial charge is 0.0349 e. The van der Waals surface area contributed by atoms with Crippen LogP contribution in [0.3, 0.4) is 0 Å². The Kier molecular flexibility index (Phi) is 4.21. The van der Waals surface area contributed by atoms with Crippen molar-refractivity contribution in [3.05, 3.63) is 23.4 Å². The summed E-state index contributed by atoms with van der Waals surface area (Å²) in [6.07, 6.45) is 6.69. The summed E-state index contributed by atoms with van der Waals surface area (Å²) in [4.78, 5) is 2.40. The molecule has 1 rings (SSSR count). The zero-order valence-corrected chi connectivity index (χ0v) is 9.59. The zero-order chi connectivity index (χ0) is 10.6. The van der Waals surface area contributed by atoms with Crippen LogP contribution in [-0.4, -0.2) is 24.0 Å². The Bertz CT molecular complexity index is 241. The first-order chi connectivity index (χ1) is 6.69. The number of hydrogen-bond donors (Lipinski definition) is 1. The van der Waals surface area contributed by atoms with Gasteiger partial charge in [0, 0.05) is 24.8 Å². The van der Waals surface area contributed by atoms with Crippen LogP contribution >= 0.6 is 0 Å². The van der Waals surface area contributed by atoms with E-state index < -0.39 is 0 Å². The van der Waals surface area contributed by atoms with Gasteiger partial charge in [-0.1, -0.05) is 19.1 Å². The van der Waals surface area contributed by atoms with Crippen molar-refractivity contribution in [3.63, 3.8) is 0 Å². The average molecular weight is 194 g/mol. The van der Waals surface area contributed by atoms with E-state index in [0.29, 0.717) is 6.04 Å². The summed E-state index contributed by atoms with van der Waals surface area (Å²) < 4.78 is 0. The van der Waals surface area contributed by atoms with Crippen molar-refractivity contribution < 1.29 is 0 Å². The summed E-state index contributed by atoms with van der Waals surface area (Å²) in [6.45, 7) is 8.58. The lowest BCUT2D eigenvalue weighted by molar-refractivity contribution is 0.426. The minimum absolute atomic E-state index is 0.361. The Morgan fingerprint density at radius 1 is 1.57 bits per heavy atom. The van der Waals surface area contributed by atoms with E-state index in [1.807, 2.05) is 0 Å². The Labute approximate surface area is 87.5 Å². The summed E-state index contributed by atoms with van der Waals surface area (Å²) in [5.74, 6) is 0. The molecule has 0 amide bonds. The molecule has 14 heavy (non-hydrogen) atoms. The van der Waals surface area contributed by atoms with Crippen molar-refractivity contribution in [1.82, 2.24) is 4.90 Å². The molecule has 1 atom stereocenters. The molecule has 1 heterocycles. The van der Waals surface area contributed by atoms with E-state index in [4.69, 9.17) is 5.73 Å². The number of allylic oxidation sites excluding steroid dienone is 3. The predicted octanol–water partition coefficient (Wildman–Crippen LogP) is 2.28. The topological polar surface area (TPSA) is 29.3 Å². The Balaban J connectivity index is 2.68. The standard InChI is InChI=1S/C12H22N2/c1-4-6-10(3)12(5-2)14-8-7-11(13)9-14/h5-6,11H,4,7-9,13H2,1-3H3/b10-6-,12-5?/t11-/m0/s1. The van der Waals surface area contributed by atoms with Gasteiger partial charge in [0.05, 0.1) is 0 Å². The number of nitrogens with two attached hydrogens (primary N) is 1. The lowest BCUT2D eigenvalue weighted by atomic mass is 10.1. The lowest BCUT2D eigenvalue weighted by Crippen LogP contribution is -2.26. The number of rotatable bonds is 3. The molecule has 0 bridgehead atoms. The molecule has 0 spiro atoms. The lowest BCUT2D eigenvalue weighted by Gasteiger charge is -2.22. The molecule has 0 aromatic carbocycles. The molecule has 1 aliphatic heterocycles. The molecule has 0 saturated carbocycles. The van der Waals surface area contributed by atoms with Gasteiger partial charge in [-0.05, 0) is 32.3 Å². The third-order valence-electron chi connectivity index (χ3n) is 2.75. The van der Waals surface area contributed by atoms with E-state index in [1.54, 1.807) is 0 Å². The molecule has 0 aromatic heterocycles. The molecule has 0 aliphatic carbocycles. The van der Waals surface area contributed by atoms with Gasteiger partial charge in [-0.2, -0.15) is 0 Å². The second-order valence-electron chi connectivity index (χ2n) is 3.96. The molecule has 2 N–H and O–H groups in total. The molecular weight excluding hydrogens is 172 g/mol. The number of hydrogen-bond acceptors (Lipinski definition) is 2. The maximum absolute atomic E-state index is 5.90. The van der Waals surface area contributed by atoms with Gasteiger partial charge < -0.3 is 10.6 Å². The van der Waals surface area contributed by atoms with Crippen LogP contribution in [0.5, 0.6) is 0 Å². The van der Waals surface area contributed by atoms with Gasteiger partial charge in [-0.15, -0.1) is 0 Å². The van der Waals surface area contributed by atoms with Crippen LogP contribution in [0.15, 0.2) is 23.4 Å². The molecule has 0 aromatic rings. The van der Waals surface area contributed by atoms with Crippen molar-refractivity contribution in [3.8, 4) is 0 Å². The fourth-order valence-corrected chi connectivity index (χ4v) is 2.08. The SMILES string of the molecule is CC=C(/C(C)=C\CC)N1CC[C@H](N)C1. The Hall–Kier alpha value is -0.760. The third kappa shape index (κ3) is 2.61. The van der Waals surface area contributed by atoms with E-state index in [2.05, 4.69) is 37.8 Å². The maximum atomic E-state index is 5.90. The first-order valence-electron chi connectivity index (χ1n) is 5.53. The van der Waals surface area contributed by atoms with Crippen molar-refractivity contribution in [2.24, 2.45) is 5.73 Å². The quantitative estimate of drug-likeness (QED) is 0.698. The molecule has 1 fully saturated rings. The number of likely N-dealkylation sites (tertiary alicyclic amines) is 1. The van der Waals surface area contributed by atoms with Crippen LogP contribution in [0.1, 0.15) is 33.6 Å². The van der Waals surface area contributed by atoms with E-state index in [0.717, 1.165) is 25.9 Å². The second kappa shape index (κ2) is 5.20. The largest absolute Gasteiger partial charge is 0.370 e. The highest BCUT2D eigenvalue weighted by Crippen LogP contribution is 2.20. The minimum Gasteiger partial charge on any atom is -0.370 e. The van der Waals surface area contributed by atoms with Crippen LogP contribution in [-0.2, 0) is 0 Å². The molecule has 0 unspecified atom stereocenters. The van der Waals surface area contributed by atoms with Gasteiger partial charge in [-0.25, -0.2) is 0 Å². The molecule has 2 nitrogen and oxygen atoms in total. The molecular formula is C12H22N2. The number of nitrogens with zero attached hydrogens (tertiary/aromatic N) is 1. The highest BCUT2D eigenvalue weighted by Gasteiger charge is 2.20. The maximum Gasteiger partial charge on any atom is 0.0349 e. The second-order valence-corrected chi connectivity index (χ2v) is 3.96. The highest BCUT2D eigenvalue weighted by molar-refractivity contribution is 5.28. The Morgan fingerprint density at radius 2 is 2.29 bits per heavy atom. The average Bonchev–Trinajstić information content (AvgIpc) is 2.54. The van der Waals surface area contributed by atoms with E-state index in [9.17, 15) is 0 Å². The van der Waals surface area contributed by atoms with Crippen molar-refractivity contribution in [2.45, 2.75) is 39.7 Å². The monoisotopic (exact) mass is 194 g/mol. The fourth-order valence-electron chi connectivity index (χ4n) is 2.08. The first-order valence-corrected chi connectivity index (χ1v) is 5.53. The third-order valence-corrected chi connectivity index (χ3v) is 2.75. The van der Waals surface area contributed by atoms with Gasteiger partial charge in [-0.3, -0.25) is 0 Å². The molecule has 0 radical (unpaired) electrons. The predicted molar refractivity (Wildman–Crippen MR) is 62.0 cm³/mol. The van der Waals surface area contributed by atoms with Gasteiger partial charge in [0.15, 0.2) is 0 Å². The summed E-state index contributed by atoms with van der Waals surface area (Å²) in [5.41, 5.74) is 8.64.